The molecule has 0 saturated heterocycles. The van der Waals surface area contributed by atoms with E-state index in [1.807, 2.05) is 32.0 Å². The Morgan fingerprint density at radius 3 is 2.46 bits per heavy atom. The lowest BCUT2D eigenvalue weighted by Gasteiger charge is -2.17. The van der Waals surface area contributed by atoms with Crippen LogP contribution in [0.3, 0.4) is 0 Å². The number of aliphatic carboxylic acids is 1. The number of phenolic OH excluding ortho intramolecular Hbond substituents is 1. The third kappa shape index (κ3) is 5.01. The number of halogens is 2. The van der Waals surface area contributed by atoms with Crippen molar-refractivity contribution in [1.29, 1.82) is 0 Å². The predicted molar refractivity (Wildman–Crippen MR) is 118 cm³/mol. The molecule has 0 aliphatic carbocycles. The molecule has 26 heavy (non-hydrogen) atoms. The van der Waals surface area contributed by atoms with Gasteiger partial charge in [-0.3, -0.25) is 4.79 Å². The van der Waals surface area contributed by atoms with Crippen molar-refractivity contribution in [2.45, 2.75) is 32.7 Å². The summed E-state index contributed by atoms with van der Waals surface area (Å²) in [7, 11) is 1.65. The number of aryl methyl sites for hydroxylation is 2. The van der Waals surface area contributed by atoms with Crippen molar-refractivity contribution in [3.63, 3.8) is 0 Å². The number of aromatic hydroxyl groups is 1. The van der Waals surface area contributed by atoms with Crippen molar-refractivity contribution in [2.24, 2.45) is 0 Å². The number of rotatable bonds is 7. The number of likely N-dealkylation sites (N-methyl/N-ethyl adjacent to an activating group) is 1. The Morgan fingerprint density at radius 1 is 1.23 bits per heavy atom. The van der Waals surface area contributed by atoms with E-state index in [9.17, 15) is 15.0 Å². The summed E-state index contributed by atoms with van der Waals surface area (Å²) in [6.07, 6.45) is 1.18. The Labute approximate surface area is 180 Å². The van der Waals surface area contributed by atoms with Gasteiger partial charge in [0.15, 0.2) is 0 Å². The second kappa shape index (κ2) is 9.23. The lowest BCUT2D eigenvalue weighted by atomic mass is 10.0. The highest BCUT2D eigenvalue weighted by Gasteiger charge is 2.18. The summed E-state index contributed by atoms with van der Waals surface area (Å²) in [5.41, 5.74) is 2.74. The normalized spacial score (nSPS) is 12.0. The Bertz CT molecular complexity index is 800. The Hall–Kier alpha value is -1.07. The van der Waals surface area contributed by atoms with E-state index in [1.54, 1.807) is 13.1 Å². The lowest BCUT2D eigenvalue weighted by molar-refractivity contribution is -0.139. The molecule has 0 saturated carbocycles. The minimum Gasteiger partial charge on any atom is -0.507 e. The summed E-state index contributed by atoms with van der Waals surface area (Å²) < 4.78 is 7.79. The first-order valence-corrected chi connectivity index (χ1v) is 10.3. The molecule has 1 atom stereocenters. The maximum absolute atomic E-state index is 11.3. The van der Waals surface area contributed by atoms with E-state index in [0.717, 1.165) is 36.0 Å². The highest BCUT2D eigenvalue weighted by atomic mass is 127. The fourth-order valence-corrected chi connectivity index (χ4v) is 4.23. The van der Waals surface area contributed by atoms with Crippen molar-refractivity contribution >= 4 is 51.2 Å². The fourth-order valence-electron chi connectivity index (χ4n) is 2.64. The number of hydrogen-bond acceptors (Lipinski definition) is 4. The number of phenols is 1. The van der Waals surface area contributed by atoms with Gasteiger partial charge in [0.2, 0.25) is 0 Å². The molecule has 0 bridgehead atoms. The quantitative estimate of drug-likeness (QED) is 0.421. The van der Waals surface area contributed by atoms with Crippen LogP contribution in [0.5, 0.6) is 17.2 Å². The maximum Gasteiger partial charge on any atom is 0.321 e. The molecule has 2 rings (SSSR count). The molecule has 0 aliphatic heterocycles. The van der Waals surface area contributed by atoms with E-state index in [2.05, 4.69) is 50.5 Å². The monoisotopic (exact) mass is 581 g/mol. The van der Waals surface area contributed by atoms with E-state index in [1.165, 1.54) is 0 Å². The fraction of sp³-hybridized carbons (Fsp3) is 0.316. The van der Waals surface area contributed by atoms with E-state index < -0.39 is 12.0 Å². The molecule has 3 N–H and O–H groups in total. The van der Waals surface area contributed by atoms with Gasteiger partial charge >= 0.3 is 5.97 Å². The standard InChI is InChI=1S/C19H21I2NO4/c1-4-12-6-11(8-16(22-3)19(24)25)7-15(21)18(12)26-13-5-10(2)17(23)14(20)9-13/h5-7,9,16,22-23H,4,8H2,1-3H3,(H,24,25). The molecular weight excluding hydrogens is 560 g/mol. The van der Waals surface area contributed by atoms with Crippen molar-refractivity contribution in [3.05, 3.63) is 48.1 Å². The molecule has 0 heterocycles. The lowest BCUT2D eigenvalue weighted by Crippen LogP contribution is -2.35. The summed E-state index contributed by atoms with van der Waals surface area (Å²) in [6, 6.07) is 6.95. The van der Waals surface area contributed by atoms with Gasteiger partial charge in [0, 0.05) is 0 Å². The van der Waals surface area contributed by atoms with Gasteiger partial charge in [0.25, 0.3) is 0 Å². The Balaban J connectivity index is 2.36. The SMILES string of the molecule is CCc1cc(CC(NC)C(=O)O)cc(I)c1Oc1cc(C)c(O)c(I)c1. The van der Waals surface area contributed by atoms with Crippen LogP contribution in [0.1, 0.15) is 23.6 Å². The molecule has 0 aliphatic rings. The predicted octanol–water partition coefficient (Wildman–Crippen LogP) is 4.48. The third-order valence-electron chi connectivity index (χ3n) is 4.10. The van der Waals surface area contributed by atoms with Gasteiger partial charge in [-0.25, -0.2) is 0 Å². The number of ether oxygens (including phenoxy) is 1. The molecule has 2 aromatic rings. The molecule has 0 spiro atoms. The summed E-state index contributed by atoms with van der Waals surface area (Å²) in [5.74, 6) is 0.846. The number of carboxylic acids is 1. The minimum absolute atomic E-state index is 0.269. The Kier molecular flexibility index (Phi) is 7.53. The molecule has 7 heteroatoms. The molecule has 1 unspecified atom stereocenters. The van der Waals surface area contributed by atoms with Gasteiger partial charge in [-0.15, -0.1) is 0 Å². The van der Waals surface area contributed by atoms with Gasteiger partial charge in [-0.2, -0.15) is 0 Å². The number of nitrogens with one attached hydrogen (secondary N) is 1. The maximum atomic E-state index is 11.3. The van der Waals surface area contributed by atoms with Gasteiger partial charge in [-0.1, -0.05) is 13.0 Å². The van der Waals surface area contributed by atoms with Gasteiger partial charge in [-0.05, 0) is 107 Å². The topological polar surface area (TPSA) is 78.8 Å². The summed E-state index contributed by atoms with van der Waals surface area (Å²) in [4.78, 5) is 11.3. The minimum atomic E-state index is -0.866. The molecule has 5 nitrogen and oxygen atoms in total. The van der Waals surface area contributed by atoms with E-state index in [-0.39, 0.29) is 5.75 Å². The van der Waals surface area contributed by atoms with Crippen LogP contribution in [0, 0.1) is 14.1 Å². The van der Waals surface area contributed by atoms with Gasteiger partial charge in [0.1, 0.15) is 23.3 Å². The van der Waals surface area contributed by atoms with Crippen LogP contribution >= 0.6 is 45.2 Å². The smallest absolute Gasteiger partial charge is 0.321 e. The van der Waals surface area contributed by atoms with Crippen LogP contribution in [0.2, 0.25) is 0 Å². The van der Waals surface area contributed by atoms with Gasteiger partial charge in [0.05, 0.1) is 7.14 Å². The first-order chi connectivity index (χ1) is 12.3. The Morgan fingerprint density at radius 2 is 1.92 bits per heavy atom. The largest absolute Gasteiger partial charge is 0.507 e. The number of benzene rings is 2. The molecule has 140 valence electrons. The first kappa shape index (κ1) is 21.2. The highest BCUT2D eigenvalue weighted by Crippen LogP contribution is 2.36. The van der Waals surface area contributed by atoms with E-state index in [4.69, 9.17) is 4.74 Å². The van der Waals surface area contributed by atoms with E-state index in [0.29, 0.717) is 12.2 Å². The third-order valence-corrected chi connectivity index (χ3v) is 5.72. The second-order valence-electron chi connectivity index (χ2n) is 5.98. The van der Waals surface area contributed by atoms with Crippen LogP contribution in [-0.2, 0) is 17.6 Å². The zero-order valence-corrected chi connectivity index (χ0v) is 19.1. The van der Waals surface area contributed by atoms with Crippen molar-refractivity contribution in [3.8, 4) is 17.2 Å². The van der Waals surface area contributed by atoms with Crippen LogP contribution in [0.4, 0.5) is 0 Å². The molecule has 0 radical (unpaired) electrons. The summed E-state index contributed by atoms with van der Waals surface area (Å²) >= 11 is 4.30. The average molecular weight is 581 g/mol. The van der Waals surface area contributed by atoms with E-state index >= 15 is 0 Å². The van der Waals surface area contributed by atoms with Crippen LogP contribution in [-0.4, -0.2) is 29.3 Å². The molecule has 2 aromatic carbocycles. The number of carboxylic acid groups (broad SMARTS) is 1. The van der Waals surface area contributed by atoms with Crippen LogP contribution in [0.25, 0.3) is 0 Å². The zero-order chi connectivity index (χ0) is 19.4. The van der Waals surface area contributed by atoms with Crippen LogP contribution in [0.15, 0.2) is 24.3 Å². The average Bonchev–Trinajstić information content (AvgIpc) is 2.59. The zero-order valence-electron chi connectivity index (χ0n) is 14.8. The van der Waals surface area contributed by atoms with Gasteiger partial charge < -0.3 is 20.3 Å². The van der Waals surface area contributed by atoms with Crippen molar-refractivity contribution in [1.82, 2.24) is 5.32 Å². The van der Waals surface area contributed by atoms with Crippen molar-refractivity contribution in [2.75, 3.05) is 7.05 Å². The molecule has 0 fully saturated rings. The molecular formula is C19H21I2NO4. The number of hydrogen-bond donors (Lipinski definition) is 3. The number of carbonyl (C=O) groups is 1. The summed E-state index contributed by atoms with van der Waals surface area (Å²) in [5, 5.41) is 22.0. The summed E-state index contributed by atoms with van der Waals surface area (Å²) in [6.45, 7) is 3.88. The first-order valence-electron chi connectivity index (χ1n) is 8.15. The second-order valence-corrected chi connectivity index (χ2v) is 8.30. The van der Waals surface area contributed by atoms with Crippen LogP contribution < -0.4 is 10.1 Å². The molecule has 0 amide bonds. The molecule has 0 aromatic heterocycles. The van der Waals surface area contributed by atoms with Crippen molar-refractivity contribution < 1.29 is 19.7 Å². The highest BCUT2D eigenvalue weighted by molar-refractivity contribution is 14.1.